The molecule has 3 aromatic carbocycles. The van der Waals surface area contributed by atoms with Crippen LogP contribution in [0.2, 0.25) is 0 Å². The molecule has 3 N–H and O–H groups in total. The highest BCUT2D eigenvalue weighted by Crippen LogP contribution is 2.15. The van der Waals surface area contributed by atoms with Gasteiger partial charge in [-0.3, -0.25) is 14.4 Å². The van der Waals surface area contributed by atoms with Gasteiger partial charge in [0.15, 0.2) is 6.61 Å². The lowest BCUT2D eigenvalue weighted by molar-refractivity contribution is -0.136. The zero-order valence-corrected chi connectivity index (χ0v) is 19.2. The van der Waals surface area contributed by atoms with Crippen LogP contribution in [-0.2, 0) is 14.4 Å². The quantitative estimate of drug-likeness (QED) is 0.285. The lowest BCUT2D eigenvalue weighted by Crippen LogP contribution is -2.32. The van der Waals surface area contributed by atoms with E-state index in [-0.39, 0.29) is 12.5 Å². The molecule has 0 aliphatic rings. The van der Waals surface area contributed by atoms with Gasteiger partial charge in [0.2, 0.25) is 0 Å². The van der Waals surface area contributed by atoms with Crippen molar-refractivity contribution in [1.82, 2.24) is 5.43 Å². The van der Waals surface area contributed by atoms with Crippen molar-refractivity contribution in [2.45, 2.75) is 20.8 Å². The number of carbonyl (C=O) groups excluding carboxylic acids is 3. The second-order valence-electron chi connectivity index (χ2n) is 7.73. The molecule has 0 unspecified atom stereocenters. The largest absolute Gasteiger partial charge is 0.484 e. The number of nitrogens with one attached hydrogen (secondary N) is 3. The lowest BCUT2D eigenvalue weighted by atomic mass is 10.1. The average Bonchev–Trinajstić information content (AvgIpc) is 2.82. The molecular formula is C26H26N4O4. The monoisotopic (exact) mass is 458 g/mol. The molecule has 174 valence electrons. The van der Waals surface area contributed by atoms with E-state index in [1.807, 2.05) is 51.1 Å². The minimum atomic E-state index is -0.896. The topological polar surface area (TPSA) is 109 Å². The Kier molecular flexibility index (Phi) is 8.12. The summed E-state index contributed by atoms with van der Waals surface area (Å²) in [6.45, 7) is 5.75. The van der Waals surface area contributed by atoms with Crippen molar-refractivity contribution in [2.24, 2.45) is 5.10 Å². The number of carbonyl (C=O) groups is 3. The number of rotatable bonds is 7. The average molecular weight is 459 g/mol. The number of aryl methyl sites for hydroxylation is 3. The third-order valence-electron chi connectivity index (χ3n) is 4.91. The van der Waals surface area contributed by atoms with Gasteiger partial charge in [-0.15, -0.1) is 0 Å². The van der Waals surface area contributed by atoms with E-state index in [2.05, 4.69) is 21.2 Å². The first-order valence-corrected chi connectivity index (χ1v) is 10.6. The first-order chi connectivity index (χ1) is 16.3. The molecule has 0 aliphatic carbocycles. The highest BCUT2D eigenvalue weighted by Gasteiger charge is 2.12. The molecule has 0 bridgehead atoms. The Morgan fingerprint density at radius 2 is 1.56 bits per heavy atom. The molecule has 0 heterocycles. The van der Waals surface area contributed by atoms with E-state index in [1.54, 1.807) is 36.4 Å². The Morgan fingerprint density at radius 1 is 0.824 bits per heavy atom. The Bertz CT molecular complexity index is 1220. The van der Waals surface area contributed by atoms with Gasteiger partial charge in [0.1, 0.15) is 5.75 Å². The molecule has 3 rings (SSSR count). The normalized spacial score (nSPS) is 10.6. The molecule has 0 atom stereocenters. The Morgan fingerprint density at radius 3 is 2.29 bits per heavy atom. The number of amides is 3. The summed E-state index contributed by atoms with van der Waals surface area (Å²) in [5.41, 5.74) is 7.30. The van der Waals surface area contributed by atoms with Gasteiger partial charge in [-0.05, 0) is 73.9 Å². The number of hydrazone groups is 1. The molecule has 0 fully saturated rings. The van der Waals surface area contributed by atoms with E-state index in [9.17, 15) is 14.4 Å². The summed E-state index contributed by atoms with van der Waals surface area (Å²) in [7, 11) is 0. The molecule has 34 heavy (non-hydrogen) atoms. The van der Waals surface area contributed by atoms with Gasteiger partial charge in [-0.25, -0.2) is 5.43 Å². The molecule has 3 aromatic rings. The van der Waals surface area contributed by atoms with Crippen molar-refractivity contribution in [1.29, 1.82) is 0 Å². The van der Waals surface area contributed by atoms with Crippen molar-refractivity contribution in [3.63, 3.8) is 0 Å². The summed E-state index contributed by atoms with van der Waals surface area (Å²) >= 11 is 0. The fourth-order valence-corrected chi connectivity index (χ4v) is 2.89. The predicted octanol–water partition coefficient (Wildman–Crippen LogP) is 3.72. The Hall–Kier alpha value is -4.46. The van der Waals surface area contributed by atoms with E-state index >= 15 is 0 Å². The summed E-state index contributed by atoms with van der Waals surface area (Å²) < 4.78 is 5.55. The molecule has 0 saturated carbocycles. The van der Waals surface area contributed by atoms with Crippen LogP contribution >= 0.6 is 0 Å². The van der Waals surface area contributed by atoms with E-state index in [4.69, 9.17) is 4.74 Å². The third kappa shape index (κ3) is 7.30. The van der Waals surface area contributed by atoms with Gasteiger partial charge in [-0.1, -0.05) is 35.9 Å². The molecular weight excluding hydrogens is 432 g/mol. The molecule has 0 aromatic heterocycles. The van der Waals surface area contributed by atoms with Gasteiger partial charge in [0.25, 0.3) is 5.91 Å². The summed E-state index contributed by atoms with van der Waals surface area (Å²) in [4.78, 5) is 36.1. The molecule has 8 nitrogen and oxygen atoms in total. The van der Waals surface area contributed by atoms with Gasteiger partial charge in [-0.2, -0.15) is 5.10 Å². The van der Waals surface area contributed by atoms with Crippen molar-refractivity contribution >= 4 is 35.3 Å². The number of ether oxygens (including phenoxy) is 1. The fraction of sp³-hybridized carbons (Fsp3) is 0.154. The number of anilines is 2. The number of benzene rings is 3. The first kappa shape index (κ1) is 24.2. The highest BCUT2D eigenvalue weighted by atomic mass is 16.5. The Balaban J connectivity index is 1.48. The maximum absolute atomic E-state index is 12.2. The van der Waals surface area contributed by atoms with Crippen LogP contribution in [-0.4, -0.2) is 30.5 Å². The minimum Gasteiger partial charge on any atom is -0.484 e. The smallest absolute Gasteiger partial charge is 0.329 e. The van der Waals surface area contributed by atoms with E-state index in [0.717, 1.165) is 16.7 Å². The summed E-state index contributed by atoms with van der Waals surface area (Å²) in [6, 6.07) is 19.6. The van der Waals surface area contributed by atoms with E-state index in [0.29, 0.717) is 22.7 Å². The van der Waals surface area contributed by atoms with E-state index in [1.165, 1.54) is 6.21 Å². The van der Waals surface area contributed by atoms with Crippen LogP contribution in [0.1, 0.15) is 22.3 Å². The number of nitrogens with zero attached hydrogens (tertiary/aromatic N) is 1. The van der Waals surface area contributed by atoms with Crippen LogP contribution in [0.3, 0.4) is 0 Å². The van der Waals surface area contributed by atoms with Crippen LogP contribution < -0.4 is 20.8 Å². The van der Waals surface area contributed by atoms with Crippen LogP contribution in [0, 0.1) is 20.8 Å². The van der Waals surface area contributed by atoms with E-state index < -0.39 is 11.8 Å². The van der Waals surface area contributed by atoms with Crippen LogP contribution in [0.25, 0.3) is 0 Å². The van der Waals surface area contributed by atoms with Gasteiger partial charge in [0.05, 0.1) is 6.21 Å². The molecule has 0 aliphatic heterocycles. The van der Waals surface area contributed by atoms with Crippen LogP contribution in [0.5, 0.6) is 5.75 Å². The number of hydrogen-bond acceptors (Lipinski definition) is 5. The van der Waals surface area contributed by atoms with Crippen molar-refractivity contribution in [2.75, 3.05) is 17.2 Å². The predicted molar refractivity (Wildman–Crippen MR) is 132 cm³/mol. The van der Waals surface area contributed by atoms with Gasteiger partial charge < -0.3 is 15.4 Å². The second-order valence-corrected chi connectivity index (χ2v) is 7.73. The zero-order chi connectivity index (χ0) is 24.5. The first-order valence-electron chi connectivity index (χ1n) is 10.6. The lowest BCUT2D eigenvalue weighted by Gasteiger charge is -2.09. The van der Waals surface area contributed by atoms with Crippen LogP contribution in [0.15, 0.2) is 71.8 Å². The number of hydrogen-bond donors (Lipinski definition) is 3. The maximum atomic E-state index is 12.2. The summed E-state index contributed by atoms with van der Waals surface area (Å²) in [5, 5.41) is 9.10. The third-order valence-corrected chi connectivity index (χ3v) is 4.91. The molecule has 8 heteroatoms. The van der Waals surface area contributed by atoms with Crippen molar-refractivity contribution in [3.05, 3.63) is 89.0 Å². The van der Waals surface area contributed by atoms with Crippen LogP contribution in [0.4, 0.5) is 11.4 Å². The molecule has 0 spiro atoms. The maximum Gasteiger partial charge on any atom is 0.329 e. The van der Waals surface area contributed by atoms with Gasteiger partial charge in [0, 0.05) is 11.4 Å². The second kappa shape index (κ2) is 11.4. The van der Waals surface area contributed by atoms with Gasteiger partial charge >= 0.3 is 11.8 Å². The molecule has 3 amide bonds. The molecule has 0 radical (unpaired) electrons. The molecule has 0 saturated heterocycles. The zero-order valence-electron chi connectivity index (χ0n) is 19.2. The fourth-order valence-electron chi connectivity index (χ4n) is 2.89. The summed E-state index contributed by atoms with van der Waals surface area (Å²) in [6.07, 6.45) is 1.37. The van der Waals surface area contributed by atoms with Crippen molar-refractivity contribution in [3.8, 4) is 5.75 Å². The summed E-state index contributed by atoms with van der Waals surface area (Å²) in [5.74, 6) is -1.54. The minimum absolute atomic E-state index is 0.163. The Labute approximate surface area is 198 Å². The van der Waals surface area contributed by atoms with Crippen molar-refractivity contribution < 1.29 is 19.1 Å². The SMILES string of the molecule is Cc1ccc(NC(=O)C(=O)NN=Cc2cccc(OCC(=O)Nc3ccc(C)c(C)c3)c2)cc1. The highest BCUT2D eigenvalue weighted by molar-refractivity contribution is 6.39. The standard InChI is InChI=1S/C26H26N4O4/c1-17-7-10-21(11-8-17)29-25(32)26(33)30-27-15-20-5-4-6-23(14-20)34-16-24(31)28-22-12-9-18(2)19(3)13-22/h4-15H,16H2,1-3H3,(H,28,31)(H,29,32)(H,30,33).